The van der Waals surface area contributed by atoms with Gasteiger partial charge in [-0.25, -0.2) is 4.79 Å². The molecule has 10 heteroatoms. The maximum Gasteiger partial charge on any atom is 0.337 e. The molecule has 0 fully saturated rings. The number of aromatic nitrogens is 1. The Morgan fingerprint density at radius 2 is 1.75 bits per heavy atom. The summed E-state index contributed by atoms with van der Waals surface area (Å²) in [7, 11) is 0. The number of carboxylic acids is 1. The SMILES string of the molecule is O=C(O)c1ccccc1Nc1cc(Cl)c(OCCOCC(S)(S)c2ccccn2)c(Cl)c1. The highest BCUT2D eigenvalue weighted by molar-refractivity contribution is 7.99. The fourth-order valence-corrected chi connectivity index (χ4v) is 3.84. The van der Waals surface area contributed by atoms with Crippen molar-refractivity contribution in [3.05, 3.63) is 82.1 Å². The van der Waals surface area contributed by atoms with E-state index in [1.165, 1.54) is 6.07 Å². The van der Waals surface area contributed by atoms with Crippen LogP contribution in [0, 0.1) is 0 Å². The van der Waals surface area contributed by atoms with Gasteiger partial charge < -0.3 is 19.9 Å². The lowest BCUT2D eigenvalue weighted by atomic mass is 10.1. The molecule has 0 atom stereocenters. The van der Waals surface area contributed by atoms with Gasteiger partial charge in [-0.1, -0.05) is 41.4 Å². The van der Waals surface area contributed by atoms with Crippen LogP contribution in [0.2, 0.25) is 10.0 Å². The number of hydrogen-bond donors (Lipinski definition) is 4. The molecule has 3 rings (SSSR count). The number of carboxylic acid groups (broad SMARTS) is 1. The van der Waals surface area contributed by atoms with Gasteiger partial charge in [0.15, 0.2) is 5.75 Å². The van der Waals surface area contributed by atoms with Crippen molar-refractivity contribution in [3.63, 3.8) is 0 Å². The highest BCUT2D eigenvalue weighted by Crippen LogP contribution is 2.37. The second-order valence-electron chi connectivity index (χ2n) is 6.68. The van der Waals surface area contributed by atoms with Crippen LogP contribution >= 0.6 is 48.5 Å². The largest absolute Gasteiger partial charge is 0.488 e. The summed E-state index contributed by atoms with van der Waals surface area (Å²) in [6, 6.07) is 15.2. The van der Waals surface area contributed by atoms with Gasteiger partial charge in [-0.2, -0.15) is 25.3 Å². The third-order valence-electron chi connectivity index (χ3n) is 4.29. The van der Waals surface area contributed by atoms with Gasteiger partial charge in [-0.05, 0) is 36.4 Å². The molecule has 0 radical (unpaired) electrons. The Bertz CT molecular complexity index is 1060. The number of nitrogens with one attached hydrogen (secondary N) is 1. The quantitative estimate of drug-likeness (QED) is 0.153. The fourth-order valence-electron chi connectivity index (χ4n) is 2.79. The lowest BCUT2D eigenvalue weighted by Crippen LogP contribution is -2.22. The molecule has 1 aromatic heterocycles. The maximum absolute atomic E-state index is 11.4. The van der Waals surface area contributed by atoms with E-state index in [4.69, 9.17) is 32.7 Å². The average Bonchev–Trinajstić information content (AvgIpc) is 2.76. The van der Waals surface area contributed by atoms with Gasteiger partial charge in [0.05, 0.1) is 40.2 Å². The molecule has 0 aliphatic rings. The molecule has 0 bridgehead atoms. The summed E-state index contributed by atoms with van der Waals surface area (Å²) < 4.78 is 10.5. The number of pyridine rings is 1. The van der Waals surface area contributed by atoms with Crippen LogP contribution in [0.1, 0.15) is 16.1 Å². The van der Waals surface area contributed by atoms with Crippen LogP contribution < -0.4 is 10.1 Å². The van der Waals surface area contributed by atoms with Gasteiger partial charge in [-0.3, -0.25) is 4.98 Å². The van der Waals surface area contributed by atoms with Crippen LogP contribution in [0.15, 0.2) is 60.8 Å². The summed E-state index contributed by atoms with van der Waals surface area (Å²) in [5.74, 6) is -0.735. The molecule has 0 saturated carbocycles. The van der Waals surface area contributed by atoms with Crippen molar-refractivity contribution in [2.75, 3.05) is 25.1 Å². The molecule has 2 aromatic carbocycles. The number of nitrogens with zero attached hydrogens (tertiary/aromatic N) is 1. The summed E-state index contributed by atoms with van der Waals surface area (Å²) >= 11 is 21.7. The van der Waals surface area contributed by atoms with Crippen molar-refractivity contribution in [3.8, 4) is 5.75 Å². The third kappa shape index (κ3) is 6.46. The average molecular weight is 511 g/mol. The minimum atomic E-state index is -1.04. The van der Waals surface area contributed by atoms with Crippen molar-refractivity contribution in [1.82, 2.24) is 4.98 Å². The maximum atomic E-state index is 11.4. The minimum absolute atomic E-state index is 0.132. The normalized spacial score (nSPS) is 11.2. The Labute approximate surface area is 206 Å². The Balaban J connectivity index is 1.56. The van der Waals surface area contributed by atoms with Crippen molar-refractivity contribution in [2.24, 2.45) is 0 Å². The summed E-state index contributed by atoms with van der Waals surface area (Å²) in [4.78, 5) is 15.6. The summed E-state index contributed by atoms with van der Waals surface area (Å²) in [6.45, 7) is 0.676. The highest BCUT2D eigenvalue weighted by atomic mass is 35.5. The molecule has 3 aromatic rings. The monoisotopic (exact) mass is 510 g/mol. The van der Waals surface area contributed by atoms with Crippen LogP contribution in [0.4, 0.5) is 11.4 Å². The molecule has 0 aliphatic heterocycles. The number of aromatic carboxylic acids is 1. The van der Waals surface area contributed by atoms with Gasteiger partial charge in [0, 0.05) is 11.9 Å². The molecule has 1 heterocycles. The number of halogens is 2. The molecule has 6 nitrogen and oxygen atoms in total. The van der Waals surface area contributed by atoms with Gasteiger partial charge in [-0.15, -0.1) is 0 Å². The van der Waals surface area contributed by atoms with Gasteiger partial charge >= 0.3 is 5.97 Å². The highest BCUT2D eigenvalue weighted by Gasteiger charge is 2.24. The van der Waals surface area contributed by atoms with Crippen molar-refractivity contribution in [2.45, 2.75) is 4.08 Å². The van der Waals surface area contributed by atoms with Crippen LogP contribution in [-0.2, 0) is 8.82 Å². The van der Waals surface area contributed by atoms with Crippen LogP contribution in [0.3, 0.4) is 0 Å². The van der Waals surface area contributed by atoms with E-state index >= 15 is 0 Å². The number of hydrogen-bond acceptors (Lipinski definition) is 7. The van der Waals surface area contributed by atoms with Gasteiger partial charge in [0.25, 0.3) is 0 Å². The topological polar surface area (TPSA) is 80.7 Å². The van der Waals surface area contributed by atoms with Crippen LogP contribution in [-0.4, -0.2) is 35.9 Å². The molecular formula is C22H20Cl2N2O4S2. The van der Waals surface area contributed by atoms with Crippen molar-refractivity contribution < 1.29 is 19.4 Å². The minimum Gasteiger partial charge on any atom is -0.488 e. The molecule has 168 valence electrons. The zero-order valence-corrected chi connectivity index (χ0v) is 20.0. The Morgan fingerprint density at radius 1 is 1.06 bits per heavy atom. The summed E-state index contributed by atoms with van der Waals surface area (Å²) in [5, 5.41) is 12.9. The van der Waals surface area contributed by atoms with Crippen LogP contribution in [0.5, 0.6) is 5.75 Å². The predicted octanol–water partition coefficient (Wildman–Crippen LogP) is 5.94. The number of thiol groups is 2. The Morgan fingerprint density at radius 3 is 2.41 bits per heavy atom. The zero-order valence-electron chi connectivity index (χ0n) is 16.7. The fraction of sp³-hybridized carbons (Fsp3) is 0.182. The van der Waals surface area contributed by atoms with E-state index in [2.05, 4.69) is 35.6 Å². The van der Waals surface area contributed by atoms with Gasteiger partial charge in [0.2, 0.25) is 0 Å². The standard InChI is InChI=1S/C22H20Cl2N2O4S2/c23-16-11-14(26-18-6-2-1-5-15(18)21(27)28)12-17(24)20(16)30-10-9-29-13-22(31,32)19-7-3-4-8-25-19/h1-8,11-12,26,31-32H,9-10,13H2,(H,27,28). The smallest absolute Gasteiger partial charge is 0.337 e. The van der Waals surface area contributed by atoms with Gasteiger partial charge in [0.1, 0.15) is 10.7 Å². The lowest BCUT2D eigenvalue weighted by Gasteiger charge is -2.22. The lowest BCUT2D eigenvalue weighted by molar-refractivity contribution is 0.0698. The van der Waals surface area contributed by atoms with E-state index < -0.39 is 10.0 Å². The van der Waals surface area contributed by atoms with E-state index in [0.717, 1.165) is 0 Å². The first-order valence-electron chi connectivity index (χ1n) is 9.43. The molecule has 2 N–H and O–H groups in total. The Hall–Kier alpha value is -2.10. The number of benzene rings is 2. The molecular weight excluding hydrogens is 491 g/mol. The van der Waals surface area contributed by atoms with E-state index in [-0.39, 0.29) is 35.4 Å². The van der Waals surface area contributed by atoms with Crippen molar-refractivity contribution >= 4 is 65.8 Å². The summed E-state index contributed by atoms with van der Waals surface area (Å²) in [6.07, 6.45) is 1.67. The number of carbonyl (C=O) groups is 1. The second kappa shape index (κ2) is 11.2. The first-order valence-corrected chi connectivity index (χ1v) is 11.1. The number of ether oxygens (including phenoxy) is 2. The first kappa shape index (κ1) is 24.5. The number of anilines is 2. The molecule has 0 spiro atoms. The zero-order chi connectivity index (χ0) is 23.1. The molecule has 32 heavy (non-hydrogen) atoms. The Kier molecular flexibility index (Phi) is 8.56. The molecule has 0 unspecified atom stereocenters. The number of para-hydroxylation sites is 1. The molecule has 0 aliphatic carbocycles. The molecule has 0 saturated heterocycles. The number of rotatable bonds is 10. The third-order valence-corrected chi connectivity index (χ3v) is 5.57. The summed E-state index contributed by atoms with van der Waals surface area (Å²) in [5.41, 5.74) is 1.77. The van der Waals surface area contributed by atoms with E-state index in [1.807, 2.05) is 18.2 Å². The first-order chi connectivity index (χ1) is 15.3. The van der Waals surface area contributed by atoms with E-state index in [1.54, 1.807) is 36.5 Å². The van der Waals surface area contributed by atoms with E-state index in [0.29, 0.717) is 22.8 Å². The van der Waals surface area contributed by atoms with Crippen molar-refractivity contribution in [1.29, 1.82) is 0 Å². The second-order valence-corrected chi connectivity index (χ2v) is 9.37. The van der Waals surface area contributed by atoms with Crippen LogP contribution in [0.25, 0.3) is 0 Å². The predicted molar refractivity (Wildman–Crippen MR) is 133 cm³/mol. The van der Waals surface area contributed by atoms with E-state index in [9.17, 15) is 9.90 Å². The molecule has 0 amide bonds.